The van der Waals surface area contributed by atoms with Crippen molar-refractivity contribution in [2.24, 2.45) is 11.8 Å². The zero-order valence-electron chi connectivity index (χ0n) is 29.4. The summed E-state index contributed by atoms with van der Waals surface area (Å²) < 4.78 is 19.6. The van der Waals surface area contributed by atoms with E-state index >= 15 is 4.39 Å². The molecular formula is C40H35Cl2FN10O. The van der Waals surface area contributed by atoms with E-state index in [1.165, 1.54) is 0 Å². The molecule has 5 atom stereocenters. The quantitative estimate of drug-likeness (QED) is 0.168. The van der Waals surface area contributed by atoms with Crippen LogP contribution in [-0.4, -0.2) is 64.7 Å². The highest BCUT2D eigenvalue weighted by Crippen LogP contribution is 2.52. The summed E-state index contributed by atoms with van der Waals surface area (Å²) in [4.78, 5) is 26.9. The van der Waals surface area contributed by atoms with Gasteiger partial charge in [-0.05, 0) is 86.1 Å². The number of fused-ring (bicyclic) bond motifs is 4. The van der Waals surface area contributed by atoms with Gasteiger partial charge in [-0.15, -0.1) is 10.2 Å². The van der Waals surface area contributed by atoms with E-state index in [1.54, 1.807) is 35.4 Å². The van der Waals surface area contributed by atoms with Gasteiger partial charge in [0.2, 0.25) is 11.7 Å². The van der Waals surface area contributed by atoms with Crippen molar-refractivity contribution in [3.8, 4) is 28.6 Å². The fraction of sp³-hybridized carbons (Fsp3) is 0.375. The SMILES string of the molecule is Cc1nc2c(F)c(-c3cccc(Cl)c3Cl)c(CCC#N)cc2c2c1cc(C1CC(n3nnc(-c4ccncc4)n3)CN1C(=O)C1CC1)n2C1C2CNC1C2. The molecule has 5 aliphatic rings. The normalized spacial score (nSPS) is 23.3. The van der Waals surface area contributed by atoms with Crippen LogP contribution in [0.1, 0.15) is 67.2 Å². The van der Waals surface area contributed by atoms with E-state index in [0.29, 0.717) is 63.9 Å². The van der Waals surface area contributed by atoms with Crippen LogP contribution in [0.4, 0.5) is 4.39 Å². The monoisotopic (exact) mass is 760 g/mol. The molecule has 0 spiro atoms. The molecule has 3 aliphatic heterocycles. The Hall–Kier alpha value is -4.96. The van der Waals surface area contributed by atoms with Crippen LogP contribution in [-0.2, 0) is 11.2 Å². The smallest absolute Gasteiger partial charge is 0.226 e. The van der Waals surface area contributed by atoms with Gasteiger partial charge < -0.3 is 14.8 Å². The molecule has 1 amide bonds. The number of nitrogens with zero attached hydrogens (tertiary/aromatic N) is 9. The summed E-state index contributed by atoms with van der Waals surface area (Å²) in [6.07, 6.45) is 7.35. The Balaban J connectivity index is 1.17. The number of hydrogen-bond donors (Lipinski definition) is 1. The number of hydrogen-bond acceptors (Lipinski definition) is 8. The Labute approximate surface area is 320 Å². The number of nitrogens with one attached hydrogen (secondary N) is 1. The van der Waals surface area contributed by atoms with Gasteiger partial charge >= 0.3 is 0 Å². The van der Waals surface area contributed by atoms with Crippen LogP contribution in [0.3, 0.4) is 0 Å². The van der Waals surface area contributed by atoms with Crippen LogP contribution in [0.2, 0.25) is 10.0 Å². The summed E-state index contributed by atoms with van der Waals surface area (Å²) >= 11 is 13.1. The first kappa shape index (κ1) is 33.6. The fourth-order valence-corrected chi connectivity index (χ4v) is 9.56. The number of aryl methyl sites for hydroxylation is 2. The Morgan fingerprint density at radius 3 is 2.69 bits per heavy atom. The number of benzene rings is 2. The minimum atomic E-state index is -0.493. The van der Waals surface area contributed by atoms with Gasteiger partial charge in [0.1, 0.15) is 5.52 Å². The van der Waals surface area contributed by atoms with Crippen LogP contribution in [0.25, 0.3) is 44.3 Å². The molecule has 3 saturated heterocycles. The molecular weight excluding hydrogens is 726 g/mol. The summed E-state index contributed by atoms with van der Waals surface area (Å²) in [5.41, 5.74) is 5.11. The maximum absolute atomic E-state index is 17.2. The standard InChI is InChI=1S/C40H35Cl2FN10O/c1-20-27-17-32(31-16-25(19-51(31)40(54)22-7-8-22)53-49-39(48-50-53)21-9-12-45-13-10-21)52(37-24-15-30(37)46-18-24)38(27)28-14-23(4-3-11-44)33(35(43)36(28)47-20)26-5-2-6-29(41)34(26)42/h2,5-6,9-10,12-14,17,22,24-25,30-31,37,46H,3-4,7-8,15-16,18-19H2,1H3. The summed E-state index contributed by atoms with van der Waals surface area (Å²) in [7, 11) is 0. The van der Waals surface area contributed by atoms with Gasteiger partial charge in [-0.3, -0.25) is 9.78 Å². The zero-order valence-corrected chi connectivity index (χ0v) is 30.9. The third-order valence-corrected chi connectivity index (χ3v) is 12.8. The van der Waals surface area contributed by atoms with Crippen molar-refractivity contribution in [1.82, 2.24) is 45.0 Å². The first-order chi connectivity index (χ1) is 26.3. The van der Waals surface area contributed by atoms with Gasteiger partial charge in [0.05, 0.1) is 39.8 Å². The molecule has 0 radical (unpaired) electrons. The van der Waals surface area contributed by atoms with Crippen LogP contribution < -0.4 is 5.32 Å². The molecule has 2 saturated carbocycles. The molecule has 7 heterocycles. The number of likely N-dealkylation sites (tertiary alicyclic amines) is 1. The lowest BCUT2D eigenvalue weighted by molar-refractivity contribution is -0.133. The molecule has 272 valence electrons. The van der Waals surface area contributed by atoms with E-state index < -0.39 is 5.82 Å². The van der Waals surface area contributed by atoms with Crippen LogP contribution >= 0.6 is 23.2 Å². The number of tetrazole rings is 1. The zero-order chi connectivity index (χ0) is 36.8. The molecule has 11 rings (SSSR count). The number of aromatic nitrogens is 7. The van der Waals surface area contributed by atoms with Crippen molar-refractivity contribution in [1.29, 1.82) is 5.26 Å². The van der Waals surface area contributed by atoms with Gasteiger partial charge in [-0.25, -0.2) is 9.37 Å². The van der Waals surface area contributed by atoms with Gasteiger partial charge in [0, 0.05) is 82.7 Å². The predicted molar refractivity (Wildman–Crippen MR) is 202 cm³/mol. The van der Waals surface area contributed by atoms with Gasteiger partial charge in [-0.1, -0.05) is 35.3 Å². The molecule has 5 fully saturated rings. The molecule has 4 aromatic heterocycles. The van der Waals surface area contributed by atoms with Crippen LogP contribution in [0, 0.1) is 35.9 Å². The second kappa shape index (κ2) is 12.8. The Morgan fingerprint density at radius 1 is 1.11 bits per heavy atom. The molecule has 2 aromatic carbocycles. The number of halogens is 3. The van der Waals surface area contributed by atoms with E-state index in [0.717, 1.165) is 48.0 Å². The van der Waals surface area contributed by atoms with Gasteiger partial charge in [0.25, 0.3) is 0 Å². The highest BCUT2D eigenvalue weighted by Gasteiger charge is 2.51. The molecule has 14 heteroatoms. The minimum absolute atomic E-state index is 0.0134. The summed E-state index contributed by atoms with van der Waals surface area (Å²) in [6.45, 7) is 3.27. The Kier molecular flexibility index (Phi) is 7.98. The number of pyridine rings is 2. The number of amides is 1. The first-order valence-electron chi connectivity index (χ1n) is 18.5. The topological polar surface area (TPSA) is 130 Å². The first-order valence-corrected chi connectivity index (χ1v) is 19.3. The summed E-state index contributed by atoms with van der Waals surface area (Å²) in [5, 5.41) is 29.1. The van der Waals surface area contributed by atoms with E-state index in [2.05, 4.69) is 37.3 Å². The largest absolute Gasteiger partial charge is 0.337 e. The number of rotatable bonds is 8. The van der Waals surface area contributed by atoms with Crippen molar-refractivity contribution in [2.45, 2.75) is 69.6 Å². The van der Waals surface area contributed by atoms with Crippen molar-refractivity contribution in [3.05, 3.63) is 87.7 Å². The number of nitriles is 1. The second-order valence-electron chi connectivity index (χ2n) is 15.1. The Morgan fingerprint density at radius 2 is 1.94 bits per heavy atom. The lowest BCUT2D eigenvalue weighted by atomic mass is 9.79. The maximum Gasteiger partial charge on any atom is 0.226 e. The third-order valence-electron chi connectivity index (χ3n) is 12.0. The molecule has 2 aliphatic carbocycles. The lowest BCUT2D eigenvalue weighted by Gasteiger charge is -2.39. The van der Waals surface area contributed by atoms with Crippen LogP contribution in [0.5, 0.6) is 0 Å². The van der Waals surface area contributed by atoms with E-state index in [1.807, 2.05) is 30.0 Å². The van der Waals surface area contributed by atoms with Crippen molar-refractivity contribution < 1.29 is 9.18 Å². The highest BCUT2D eigenvalue weighted by molar-refractivity contribution is 6.43. The fourth-order valence-electron chi connectivity index (χ4n) is 9.16. The number of carbonyl (C=O) groups excluding carboxylic acids is 1. The molecule has 1 N–H and O–H groups in total. The van der Waals surface area contributed by atoms with E-state index in [-0.39, 0.29) is 53.0 Å². The number of carbonyl (C=O) groups is 1. The predicted octanol–water partition coefficient (Wildman–Crippen LogP) is 7.57. The van der Waals surface area contributed by atoms with Crippen molar-refractivity contribution in [3.63, 3.8) is 0 Å². The minimum Gasteiger partial charge on any atom is -0.337 e. The summed E-state index contributed by atoms with van der Waals surface area (Å²) in [6, 6.07) is 15.2. The van der Waals surface area contributed by atoms with Crippen LogP contribution in [0.15, 0.2) is 54.9 Å². The lowest BCUT2D eigenvalue weighted by Crippen LogP contribution is -2.41. The molecule has 5 unspecified atom stereocenters. The molecule has 11 nitrogen and oxygen atoms in total. The Bertz CT molecular complexity index is 2530. The molecule has 54 heavy (non-hydrogen) atoms. The average molecular weight is 762 g/mol. The molecule has 6 aromatic rings. The second-order valence-corrected chi connectivity index (χ2v) is 15.9. The van der Waals surface area contributed by atoms with E-state index in [4.69, 9.17) is 33.3 Å². The average Bonchev–Trinajstić information content (AvgIpc) is 3.67. The van der Waals surface area contributed by atoms with Crippen molar-refractivity contribution in [2.75, 3.05) is 13.1 Å². The van der Waals surface area contributed by atoms with Crippen molar-refractivity contribution >= 4 is 50.9 Å². The summed E-state index contributed by atoms with van der Waals surface area (Å²) in [5.74, 6) is 0.570. The van der Waals surface area contributed by atoms with Gasteiger partial charge in [-0.2, -0.15) is 10.1 Å². The third kappa shape index (κ3) is 5.23. The maximum atomic E-state index is 17.2. The highest BCUT2D eigenvalue weighted by atomic mass is 35.5. The van der Waals surface area contributed by atoms with E-state index in [9.17, 15) is 10.1 Å². The van der Waals surface area contributed by atoms with Gasteiger partial charge in [0.15, 0.2) is 5.82 Å². The molecule has 2 bridgehead atoms.